The summed E-state index contributed by atoms with van der Waals surface area (Å²) in [5, 5.41) is 12.6. The van der Waals surface area contributed by atoms with Crippen LogP contribution in [0.3, 0.4) is 0 Å². The minimum absolute atomic E-state index is 0.123. The molecule has 1 saturated heterocycles. The smallest absolute Gasteiger partial charge is 0.272 e. The van der Waals surface area contributed by atoms with Crippen LogP contribution in [0.25, 0.3) is 0 Å². The first-order chi connectivity index (χ1) is 18.1. The molecule has 0 unspecified atom stereocenters. The second kappa shape index (κ2) is 9.53. The van der Waals surface area contributed by atoms with Crippen molar-refractivity contribution < 1.29 is 19.3 Å². The summed E-state index contributed by atoms with van der Waals surface area (Å²) in [4.78, 5) is 48.4. The topological polar surface area (TPSA) is 101 Å². The minimum atomic E-state index is -2.18. The summed E-state index contributed by atoms with van der Waals surface area (Å²) in [6, 6.07) is 9.37. The van der Waals surface area contributed by atoms with Gasteiger partial charge >= 0.3 is 0 Å². The molecular formula is C23H11Cl8N3O5. The van der Waals surface area contributed by atoms with E-state index in [0.29, 0.717) is 10.6 Å². The van der Waals surface area contributed by atoms with Crippen LogP contribution in [-0.4, -0.2) is 46.7 Å². The van der Waals surface area contributed by atoms with Gasteiger partial charge in [0.25, 0.3) is 23.4 Å². The fraction of sp³-hybridized carbons (Fsp3) is 0.261. The van der Waals surface area contributed by atoms with Gasteiger partial charge in [-0.1, -0.05) is 87.8 Å². The monoisotopic (exact) mass is 689 g/mol. The van der Waals surface area contributed by atoms with Crippen LogP contribution in [0.15, 0.2) is 52.5 Å². The zero-order valence-electron chi connectivity index (χ0n) is 18.8. The molecular weight excluding hydrogens is 682 g/mol. The van der Waals surface area contributed by atoms with Gasteiger partial charge in [-0.3, -0.25) is 24.5 Å². The minimum Gasteiger partial charge on any atom is -0.272 e. The number of benzene rings is 2. The van der Waals surface area contributed by atoms with Crippen molar-refractivity contribution >= 4 is 116 Å². The average Bonchev–Trinajstić information content (AvgIpc) is 3.27. The van der Waals surface area contributed by atoms with Gasteiger partial charge in [0.15, 0.2) is 4.33 Å². The first-order valence-electron chi connectivity index (χ1n) is 10.8. The number of amides is 3. The van der Waals surface area contributed by atoms with E-state index in [2.05, 4.69) is 0 Å². The summed E-state index contributed by atoms with van der Waals surface area (Å²) < 4.78 is -2.18. The quantitative estimate of drug-likeness (QED) is 0.147. The summed E-state index contributed by atoms with van der Waals surface area (Å²) in [5.74, 6) is -6.12. The van der Waals surface area contributed by atoms with E-state index in [9.17, 15) is 24.5 Å². The van der Waals surface area contributed by atoms with E-state index in [1.807, 2.05) is 0 Å². The van der Waals surface area contributed by atoms with Crippen LogP contribution in [0.1, 0.15) is 15.9 Å². The number of hydrazine groups is 1. The Morgan fingerprint density at radius 1 is 0.897 bits per heavy atom. The number of alkyl halides is 4. The third-order valence-corrected chi connectivity index (χ3v) is 12.0. The molecule has 2 aromatic rings. The standard InChI is InChI=1S/C23H11Cl8N3O5/c24-11-6-5-9(7-12(11)25)8-32(18(35)10-3-1-2-4-13(10)34(38)39)33-19(36)14-15(20(33)37)22(29)17(27)16(26)21(14,28)23(22,30)31/h1-7,14-15H,8H2/t14-,15+,21-,22-/m1/s1. The Bertz CT molecular complexity index is 1490. The van der Waals surface area contributed by atoms with Crippen molar-refractivity contribution in [2.45, 2.75) is 20.6 Å². The molecule has 5 rings (SSSR count). The van der Waals surface area contributed by atoms with Gasteiger partial charge in [0.1, 0.15) is 15.3 Å². The van der Waals surface area contributed by atoms with Crippen molar-refractivity contribution in [1.29, 1.82) is 0 Å². The zero-order chi connectivity index (χ0) is 28.8. The van der Waals surface area contributed by atoms with Crippen LogP contribution in [0.2, 0.25) is 10.0 Å². The van der Waals surface area contributed by atoms with E-state index in [-0.39, 0.29) is 20.1 Å². The van der Waals surface area contributed by atoms with Gasteiger partial charge in [0.05, 0.1) is 43.4 Å². The number of nitro benzene ring substituents is 1. The Balaban J connectivity index is 1.65. The molecule has 2 bridgehead atoms. The molecule has 39 heavy (non-hydrogen) atoms. The van der Waals surface area contributed by atoms with Crippen LogP contribution < -0.4 is 0 Å². The molecule has 1 aliphatic heterocycles. The Morgan fingerprint density at radius 2 is 1.44 bits per heavy atom. The molecule has 3 aliphatic rings. The first kappa shape index (κ1) is 29.0. The Labute approximate surface area is 260 Å². The maximum atomic E-state index is 13.9. The predicted molar refractivity (Wildman–Crippen MR) is 149 cm³/mol. The lowest BCUT2D eigenvalue weighted by Crippen LogP contribution is -2.55. The molecule has 8 nitrogen and oxygen atoms in total. The summed E-state index contributed by atoms with van der Waals surface area (Å²) in [6.45, 7) is -0.439. The summed E-state index contributed by atoms with van der Waals surface area (Å²) >= 11 is 51.4. The third-order valence-electron chi connectivity index (χ3n) is 7.01. The van der Waals surface area contributed by atoms with E-state index in [1.165, 1.54) is 36.4 Å². The van der Waals surface area contributed by atoms with Gasteiger partial charge in [0.2, 0.25) is 0 Å². The highest BCUT2D eigenvalue weighted by Gasteiger charge is 2.88. The van der Waals surface area contributed by atoms with Crippen molar-refractivity contribution in [3.8, 4) is 0 Å². The van der Waals surface area contributed by atoms with Crippen LogP contribution in [0, 0.1) is 22.0 Å². The maximum Gasteiger partial charge on any atom is 0.282 e. The third kappa shape index (κ3) is 3.69. The second-order valence-electron chi connectivity index (χ2n) is 8.96. The number of halogens is 8. The number of allylic oxidation sites excluding steroid dienone is 2. The van der Waals surface area contributed by atoms with Crippen LogP contribution in [0.5, 0.6) is 0 Å². The fourth-order valence-electron chi connectivity index (χ4n) is 5.22. The molecule has 204 valence electrons. The van der Waals surface area contributed by atoms with Gasteiger partial charge in [-0.25, -0.2) is 5.01 Å². The largest absolute Gasteiger partial charge is 0.282 e. The Kier molecular flexibility index (Phi) is 7.09. The number of para-hydroxylation sites is 1. The molecule has 1 saturated carbocycles. The van der Waals surface area contributed by atoms with E-state index < -0.39 is 66.4 Å². The Morgan fingerprint density at radius 3 is 1.95 bits per heavy atom. The van der Waals surface area contributed by atoms with Crippen LogP contribution in [0.4, 0.5) is 5.69 Å². The molecule has 2 aromatic carbocycles. The highest BCUT2D eigenvalue weighted by atomic mass is 35.5. The number of carbonyl (C=O) groups excluding carboxylic acids is 3. The molecule has 0 N–H and O–H groups in total. The average molecular weight is 693 g/mol. The van der Waals surface area contributed by atoms with Gasteiger partial charge in [-0.05, 0) is 23.8 Å². The SMILES string of the molecule is O=C(c1ccccc1[N+](=O)[O-])N(Cc1ccc(Cl)c(Cl)c1)N1C(=O)[C@@H]2[C@H](C1=O)[C@@]1(Cl)C(Cl)=C(Cl)[C@@]2(Cl)C1(Cl)Cl. The van der Waals surface area contributed by atoms with Gasteiger partial charge in [-0.15, -0.1) is 23.2 Å². The number of imide groups is 1. The molecule has 2 aliphatic carbocycles. The van der Waals surface area contributed by atoms with Crippen molar-refractivity contribution in [2.75, 3.05) is 0 Å². The normalized spacial score (nSPS) is 28.8. The molecule has 3 amide bonds. The number of rotatable bonds is 5. The van der Waals surface area contributed by atoms with Crippen molar-refractivity contribution in [3.05, 3.63) is 83.8 Å². The number of nitro groups is 1. The van der Waals surface area contributed by atoms with Crippen molar-refractivity contribution in [3.63, 3.8) is 0 Å². The number of carbonyl (C=O) groups is 3. The highest BCUT2D eigenvalue weighted by molar-refractivity contribution is 6.66. The predicted octanol–water partition coefficient (Wildman–Crippen LogP) is 6.91. The molecule has 4 atom stereocenters. The lowest BCUT2D eigenvalue weighted by Gasteiger charge is -2.37. The molecule has 0 radical (unpaired) electrons. The van der Waals surface area contributed by atoms with Gasteiger partial charge < -0.3 is 0 Å². The molecule has 0 spiro atoms. The molecule has 2 fully saturated rings. The van der Waals surface area contributed by atoms with Gasteiger partial charge in [0, 0.05) is 6.07 Å². The lowest BCUT2D eigenvalue weighted by atomic mass is 9.84. The number of hydrogen-bond donors (Lipinski definition) is 0. The van der Waals surface area contributed by atoms with E-state index in [0.717, 1.165) is 11.1 Å². The van der Waals surface area contributed by atoms with Crippen molar-refractivity contribution in [2.24, 2.45) is 11.8 Å². The lowest BCUT2D eigenvalue weighted by molar-refractivity contribution is -0.385. The zero-order valence-corrected chi connectivity index (χ0v) is 24.9. The second-order valence-corrected chi connectivity index (χ2v) is 13.0. The van der Waals surface area contributed by atoms with Crippen LogP contribution in [-0.2, 0) is 16.1 Å². The summed E-state index contributed by atoms with van der Waals surface area (Å²) in [7, 11) is 0. The number of nitrogens with zero attached hydrogens (tertiary/aromatic N) is 3. The maximum absolute atomic E-state index is 13.9. The van der Waals surface area contributed by atoms with E-state index >= 15 is 0 Å². The van der Waals surface area contributed by atoms with E-state index in [4.69, 9.17) is 92.8 Å². The molecule has 16 heteroatoms. The first-order valence-corrected chi connectivity index (χ1v) is 13.8. The Hall–Kier alpha value is -1.49. The van der Waals surface area contributed by atoms with Crippen molar-refractivity contribution in [1.82, 2.24) is 10.0 Å². The van der Waals surface area contributed by atoms with E-state index in [1.54, 1.807) is 0 Å². The summed E-state index contributed by atoms with van der Waals surface area (Å²) in [5.41, 5.74) is -0.629. The van der Waals surface area contributed by atoms with Crippen LogP contribution >= 0.6 is 92.8 Å². The fourth-order valence-corrected chi connectivity index (χ4v) is 8.47. The highest BCUT2D eigenvalue weighted by Crippen LogP contribution is 2.77. The number of fused-ring (bicyclic) bond motifs is 5. The molecule has 0 aromatic heterocycles. The van der Waals surface area contributed by atoms with Gasteiger partial charge in [-0.2, -0.15) is 5.01 Å². The summed E-state index contributed by atoms with van der Waals surface area (Å²) in [6.07, 6.45) is 0. The number of hydrogen-bond acceptors (Lipinski definition) is 5. The molecule has 1 heterocycles.